The van der Waals surface area contributed by atoms with Crippen LogP contribution in [0.25, 0.3) is 0 Å². The zero-order valence-corrected chi connectivity index (χ0v) is 18.9. The van der Waals surface area contributed by atoms with Crippen molar-refractivity contribution in [3.05, 3.63) is 64.1 Å². The third kappa shape index (κ3) is 4.80. The molecule has 2 saturated heterocycles. The van der Waals surface area contributed by atoms with Gasteiger partial charge in [0.05, 0.1) is 12.6 Å². The minimum absolute atomic E-state index is 0.102. The van der Waals surface area contributed by atoms with E-state index in [1.54, 1.807) is 17.0 Å². The van der Waals surface area contributed by atoms with Crippen LogP contribution in [0.2, 0.25) is 0 Å². The summed E-state index contributed by atoms with van der Waals surface area (Å²) in [6.07, 6.45) is 1.55. The molecule has 2 atom stereocenters. The molecule has 2 aliphatic heterocycles. The molecule has 2 N–H and O–H groups in total. The summed E-state index contributed by atoms with van der Waals surface area (Å²) in [6.45, 7) is 2.80. The second kappa shape index (κ2) is 9.20. The molecule has 0 bridgehead atoms. The van der Waals surface area contributed by atoms with E-state index in [1.165, 1.54) is 4.90 Å². The van der Waals surface area contributed by atoms with Gasteiger partial charge >= 0.3 is 6.03 Å². The normalized spacial score (nSPS) is 21.1. The summed E-state index contributed by atoms with van der Waals surface area (Å²) in [4.78, 5) is 42.0. The van der Waals surface area contributed by atoms with E-state index in [1.807, 2.05) is 43.3 Å². The molecule has 2 aliphatic rings. The Morgan fingerprint density at radius 2 is 1.84 bits per heavy atom. The van der Waals surface area contributed by atoms with E-state index >= 15 is 0 Å². The van der Waals surface area contributed by atoms with E-state index in [-0.39, 0.29) is 30.9 Å². The quantitative estimate of drug-likeness (QED) is 0.682. The SMILES string of the molecule is Cc1ccc(CN2C(=O)C3NCCCC3N(CC(=O)Nc3ccc(Br)cc3)C2=O)cc1. The van der Waals surface area contributed by atoms with Crippen molar-refractivity contribution in [3.63, 3.8) is 0 Å². The van der Waals surface area contributed by atoms with Crippen molar-refractivity contribution in [2.45, 2.75) is 38.4 Å². The molecule has 31 heavy (non-hydrogen) atoms. The number of piperidine rings is 1. The minimum atomic E-state index is -0.489. The molecule has 2 fully saturated rings. The molecule has 0 aliphatic carbocycles. The molecule has 2 aromatic carbocycles. The number of benzene rings is 2. The molecular weight excluding hydrogens is 460 g/mol. The first kappa shape index (κ1) is 21.5. The molecule has 2 unspecified atom stereocenters. The predicted octanol–water partition coefficient (Wildman–Crippen LogP) is 3.28. The van der Waals surface area contributed by atoms with Gasteiger partial charge in [-0.25, -0.2) is 4.79 Å². The lowest BCUT2D eigenvalue weighted by molar-refractivity contribution is -0.138. The van der Waals surface area contributed by atoms with Crippen molar-refractivity contribution in [2.24, 2.45) is 0 Å². The Morgan fingerprint density at radius 1 is 1.13 bits per heavy atom. The average molecular weight is 485 g/mol. The van der Waals surface area contributed by atoms with Gasteiger partial charge in [0.15, 0.2) is 0 Å². The Kier molecular flexibility index (Phi) is 6.38. The highest BCUT2D eigenvalue weighted by atomic mass is 79.9. The molecule has 0 aromatic heterocycles. The molecule has 8 heteroatoms. The number of urea groups is 1. The van der Waals surface area contributed by atoms with Gasteiger partial charge in [-0.2, -0.15) is 0 Å². The van der Waals surface area contributed by atoms with E-state index in [0.29, 0.717) is 12.1 Å². The van der Waals surface area contributed by atoms with Crippen LogP contribution in [0.4, 0.5) is 10.5 Å². The molecule has 4 rings (SSSR count). The second-order valence-corrected chi connectivity index (χ2v) is 8.93. The first-order chi connectivity index (χ1) is 14.9. The Balaban J connectivity index is 1.53. The van der Waals surface area contributed by atoms with Gasteiger partial charge in [0.2, 0.25) is 11.8 Å². The molecular formula is C23H25BrN4O3. The van der Waals surface area contributed by atoms with Gasteiger partial charge in [0.25, 0.3) is 0 Å². The van der Waals surface area contributed by atoms with Crippen LogP contribution in [0.15, 0.2) is 53.0 Å². The van der Waals surface area contributed by atoms with Gasteiger partial charge in [-0.15, -0.1) is 0 Å². The highest BCUT2D eigenvalue weighted by molar-refractivity contribution is 9.10. The van der Waals surface area contributed by atoms with Crippen LogP contribution >= 0.6 is 15.9 Å². The zero-order valence-electron chi connectivity index (χ0n) is 17.3. The number of halogens is 1. The Labute approximate surface area is 189 Å². The monoisotopic (exact) mass is 484 g/mol. The number of aryl methyl sites for hydroxylation is 1. The van der Waals surface area contributed by atoms with Crippen LogP contribution in [0.1, 0.15) is 24.0 Å². The van der Waals surface area contributed by atoms with Gasteiger partial charge in [-0.05, 0) is 56.1 Å². The standard InChI is InChI=1S/C23H25BrN4O3/c1-15-4-6-16(7-5-15)13-28-22(30)21-19(3-2-12-25-21)27(23(28)31)14-20(29)26-18-10-8-17(24)9-11-18/h4-11,19,21,25H,2-3,12-14H2,1H3,(H,26,29). The maximum Gasteiger partial charge on any atom is 0.327 e. The lowest BCUT2D eigenvalue weighted by Crippen LogP contribution is -2.70. The number of rotatable bonds is 5. The fraction of sp³-hybridized carbons (Fsp3) is 0.348. The topological polar surface area (TPSA) is 81.8 Å². The lowest BCUT2D eigenvalue weighted by Gasteiger charge is -2.46. The number of carbonyl (C=O) groups excluding carboxylic acids is 3. The maximum atomic E-state index is 13.3. The van der Waals surface area contributed by atoms with Crippen molar-refractivity contribution in [1.29, 1.82) is 0 Å². The number of amides is 4. The van der Waals surface area contributed by atoms with Crippen LogP contribution in [0.5, 0.6) is 0 Å². The summed E-state index contributed by atoms with van der Waals surface area (Å²) in [5, 5.41) is 6.09. The summed E-state index contributed by atoms with van der Waals surface area (Å²) in [6, 6.07) is 13.8. The molecule has 0 spiro atoms. The van der Waals surface area contributed by atoms with E-state index in [4.69, 9.17) is 0 Å². The maximum absolute atomic E-state index is 13.3. The van der Waals surface area contributed by atoms with E-state index in [2.05, 4.69) is 26.6 Å². The van der Waals surface area contributed by atoms with Crippen LogP contribution in [-0.4, -0.2) is 52.8 Å². The van der Waals surface area contributed by atoms with Crippen molar-refractivity contribution < 1.29 is 14.4 Å². The smallest absolute Gasteiger partial charge is 0.325 e. The summed E-state index contributed by atoms with van der Waals surface area (Å²) < 4.78 is 0.915. The van der Waals surface area contributed by atoms with Gasteiger partial charge < -0.3 is 15.5 Å². The summed E-state index contributed by atoms with van der Waals surface area (Å²) in [5.41, 5.74) is 2.64. The molecule has 162 valence electrons. The summed E-state index contributed by atoms with van der Waals surface area (Å²) >= 11 is 3.37. The molecule has 2 aromatic rings. The van der Waals surface area contributed by atoms with Crippen molar-refractivity contribution >= 4 is 39.5 Å². The second-order valence-electron chi connectivity index (χ2n) is 8.02. The van der Waals surface area contributed by atoms with E-state index < -0.39 is 12.1 Å². The Morgan fingerprint density at radius 3 is 2.55 bits per heavy atom. The van der Waals surface area contributed by atoms with Gasteiger partial charge in [0, 0.05) is 10.2 Å². The first-order valence-electron chi connectivity index (χ1n) is 10.4. The van der Waals surface area contributed by atoms with Crippen molar-refractivity contribution in [2.75, 3.05) is 18.4 Å². The third-order valence-electron chi connectivity index (χ3n) is 5.74. The van der Waals surface area contributed by atoms with Crippen LogP contribution in [-0.2, 0) is 16.1 Å². The van der Waals surface area contributed by atoms with Gasteiger partial charge in [-0.1, -0.05) is 45.8 Å². The molecule has 7 nitrogen and oxygen atoms in total. The molecule has 0 radical (unpaired) electrons. The van der Waals surface area contributed by atoms with Crippen molar-refractivity contribution in [1.82, 2.24) is 15.1 Å². The molecule has 0 saturated carbocycles. The van der Waals surface area contributed by atoms with E-state index in [0.717, 1.165) is 28.6 Å². The van der Waals surface area contributed by atoms with Gasteiger partial charge in [-0.3, -0.25) is 14.5 Å². The number of fused-ring (bicyclic) bond motifs is 1. The predicted molar refractivity (Wildman–Crippen MR) is 121 cm³/mol. The first-order valence-corrected chi connectivity index (χ1v) is 11.2. The number of nitrogens with one attached hydrogen (secondary N) is 2. The van der Waals surface area contributed by atoms with Crippen LogP contribution in [0.3, 0.4) is 0 Å². The number of imide groups is 1. The van der Waals surface area contributed by atoms with Gasteiger partial charge in [0.1, 0.15) is 12.6 Å². The largest absolute Gasteiger partial charge is 0.327 e. The highest BCUT2D eigenvalue weighted by Gasteiger charge is 2.47. The Hall–Kier alpha value is -2.71. The summed E-state index contributed by atoms with van der Waals surface area (Å²) in [5.74, 6) is -0.510. The lowest BCUT2D eigenvalue weighted by atomic mass is 9.93. The average Bonchev–Trinajstić information content (AvgIpc) is 2.77. The fourth-order valence-electron chi connectivity index (χ4n) is 4.11. The minimum Gasteiger partial charge on any atom is -0.325 e. The van der Waals surface area contributed by atoms with Crippen LogP contribution in [0, 0.1) is 6.92 Å². The molecule has 4 amide bonds. The zero-order chi connectivity index (χ0) is 22.0. The number of hydrogen-bond acceptors (Lipinski definition) is 4. The van der Waals surface area contributed by atoms with Crippen LogP contribution < -0.4 is 10.6 Å². The highest BCUT2D eigenvalue weighted by Crippen LogP contribution is 2.26. The number of hydrogen-bond donors (Lipinski definition) is 2. The summed E-state index contributed by atoms with van der Waals surface area (Å²) in [7, 11) is 0. The van der Waals surface area contributed by atoms with Crippen molar-refractivity contribution in [3.8, 4) is 0 Å². The molecule has 2 heterocycles. The fourth-order valence-corrected chi connectivity index (χ4v) is 4.38. The number of carbonyl (C=O) groups is 3. The Bertz CT molecular complexity index is 977. The number of nitrogens with zero attached hydrogens (tertiary/aromatic N) is 2. The number of anilines is 1. The van der Waals surface area contributed by atoms with E-state index in [9.17, 15) is 14.4 Å². The third-order valence-corrected chi connectivity index (χ3v) is 6.27.